The smallest absolute Gasteiger partial charge is 0.159 e. The lowest BCUT2D eigenvalue weighted by molar-refractivity contribution is 0.237. The highest BCUT2D eigenvalue weighted by atomic mass is 15.2. The molecule has 2 aromatic rings. The average molecular weight is 340 g/mol. The molecule has 25 heavy (non-hydrogen) atoms. The first kappa shape index (κ1) is 17.5. The SMILES string of the molecule is CCc1ccccc1Nc1ncnc(NCCN2CCCCC2)c1N. The van der Waals surface area contributed by atoms with Crippen molar-refractivity contribution in [2.75, 3.05) is 42.5 Å². The third kappa shape index (κ3) is 4.60. The fourth-order valence-corrected chi connectivity index (χ4v) is 3.23. The molecule has 3 rings (SSSR count). The zero-order valence-corrected chi connectivity index (χ0v) is 15.0. The van der Waals surface area contributed by atoms with Crippen LogP contribution in [-0.2, 0) is 6.42 Å². The third-order valence-electron chi connectivity index (χ3n) is 4.70. The van der Waals surface area contributed by atoms with Gasteiger partial charge in [0.2, 0.25) is 0 Å². The quantitative estimate of drug-likeness (QED) is 0.718. The molecule has 2 heterocycles. The van der Waals surface area contributed by atoms with Crippen LogP contribution in [0.5, 0.6) is 0 Å². The number of nitrogens with one attached hydrogen (secondary N) is 2. The standard InChI is InChI=1S/C19H28N6/c1-2-15-8-4-5-9-16(15)24-19-17(20)18(22-14-23-19)21-10-13-25-11-6-3-7-12-25/h4-5,8-9,14H,2-3,6-7,10-13,20H2,1H3,(H2,21,22,23,24). The van der Waals surface area contributed by atoms with Crippen LogP contribution in [-0.4, -0.2) is 41.0 Å². The molecule has 0 saturated carbocycles. The Balaban J connectivity index is 1.63. The number of hydrogen-bond donors (Lipinski definition) is 3. The number of nitrogens with two attached hydrogens (primary N) is 1. The molecule has 1 aromatic carbocycles. The second-order valence-electron chi connectivity index (χ2n) is 6.45. The first-order valence-corrected chi connectivity index (χ1v) is 9.19. The van der Waals surface area contributed by atoms with Crippen LogP contribution in [0.1, 0.15) is 31.7 Å². The summed E-state index contributed by atoms with van der Waals surface area (Å²) in [5.41, 5.74) is 9.11. The number of likely N-dealkylation sites (tertiary alicyclic amines) is 1. The van der Waals surface area contributed by atoms with Crippen LogP contribution in [0.3, 0.4) is 0 Å². The third-order valence-corrected chi connectivity index (χ3v) is 4.70. The Morgan fingerprint density at radius 3 is 2.64 bits per heavy atom. The predicted octanol–water partition coefficient (Wildman–Crippen LogP) is 3.26. The lowest BCUT2D eigenvalue weighted by Crippen LogP contribution is -2.33. The van der Waals surface area contributed by atoms with E-state index in [0.717, 1.165) is 25.2 Å². The van der Waals surface area contributed by atoms with Crippen LogP contribution >= 0.6 is 0 Å². The van der Waals surface area contributed by atoms with Gasteiger partial charge in [0.15, 0.2) is 11.6 Å². The average Bonchev–Trinajstić information content (AvgIpc) is 2.66. The van der Waals surface area contributed by atoms with Crippen molar-refractivity contribution >= 4 is 23.0 Å². The van der Waals surface area contributed by atoms with Gasteiger partial charge in [0.25, 0.3) is 0 Å². The first-order valence-electron chi connectivity index (χ1n) is 9.19. The lowest BCUT2D eigenvalue weighted by atomic mass is 10.1. The van der Waals surface area contributed by atoms with E-state index < -0.39 is 0 Å². The Morgan fingerprint density at radius 1 is 1.08 bits per heavy atom. The van der Waals surface area contributed by atoms with E-state index >= 15 is 0 Å². The summed E-state index contributed by atoms with van der Waals surface area (Å²) in [5.74, 6) is 1.35. The van der Waals surface area contributed by atoms with Crippen LogP contribution in [0.25, 0.3) is 0 Å². The summed E-state index contributed by atoms with van der Waals surface area (Å²) < 4.78 is 0. The van der Waals surface area contributed by atoms with Crippen molar-refractivity contribution in [3.8, 4) is 0 Å². The van der Waals surface area contributed by atoms with Gasteiger partial charge < -0.3 is 21.3 Å². The number of aryl methyl sites for hydroxylation is 1. The van der Waals surface area contributed by atoms with Gasteiger partial charge in [-0.2, -0.15) is 0 Å². The number of benzene rings is 1. The van der Waals surface area contributed by atoms with E-state index in [9.17, 15) is 0 Å². The molecular weight excluding hydrogens is 312 g/mol. The summed E-state index contributed by atoms with van der Waals surface area (Å²) in [6.07, 6.45) is 6.48. The Morgan fingerprint density at radius 2 is 1.84 bits per heavy atom. The van der Waals surface area contributed by atoms with Crippen molar-refractivity contribution in [1.29, 1.82) is 0 Å². The fraction of sp³-hybridized carbons (Fsp3) is 0.474. The van der Waals surface area contributed by atoms with E-state index in [1.54, 1.807) is 6.33 Å². The number of hydrogen-bond acceptors (Lipinski definition) is 6. The van der Waals surface area contributed by atoms with Gasteiger partial charge >= 0.3 is 0 Å². The van der Waals surface area contributed by atoms with Gasteiger partial charge in [-0.25, -0.2) is 9.97 Å². The molecule has 0 radical (unpaired) electrons. The summed E-state index contributed by atoms with van der Waals surface area (Å²) in [6, 6.07) is 8.21. The number of rotatable bonds is 7. The minimum Gasteiger partial charge on any atom is -0.393 e. The predicted molar refractivity (Wildman–Crippen MR) is 104 cm³/mol. The van der Waals surface area contributed by atoms with Crippen LogP contribution in [0.4, 0.5) is 23.0 Å². The Hall–Kier alpha value is -2.34. The maximum Gasteiger partial charge on any atom is 0.159 e. The van der Waals surface area contributed by atoms with E-state index in [1.807, 2.05) is 18.2 Å². The molecule has 0 bridgehead atoms. The number of nitrogen functional groups attached to an aromatic ring is 1. The number of nitrogens with zero attached hydrogens (tertiary/aromatic N) is 3. The van der Waals surface area contributed by atoms with Crippen molar-refractivity contribution in [2.45, 2.75) is 32.6 Å². The van der Waals surface area contributed by atoms with E-state index in [2.05, 4.69) is 38.5 Å². The number of anilines is 4. The van der Waals surface area contributed by atoms with E-state index in [0.29, 0.717) is 17.3 Å². The molecular formula is C19H28N6. The van der Waals surface area contributed by atoms with Crippen molar-refractivity contribution in [1.82, 2.24) is 14.9 Å². The van der Waals surface area contributed by atoms with Crippen LogP contribution in [0.2, 0.25) is 0 Å². The van der Waals surface area contributed by atoms with Gasteiger partial charge in [-0.3, -0.25) is 0 Å². The summed E-state index contributed by atoms with van der Waals surface area (Å²) in [7, 11) is 0. The van der Waals surface area contributed by atoms with Crippen LogP contribution in [0, 0.1) is 0 Å². The summed E-state index contributed by atoms with van der Waals surface area (Å²) in [5, 5.41) is 6.70. The number of aromatic nitrogens is 2. The van der Waals surface area contributed by atoms with Crippen molar-refractivity contribution in [3.63, 3.8) is 0 Å². The topological polar surface area (TPSA) is 79.1 Å². The highest BCUT2D eigenvalue weighted by molar-refractivity contribution is 5.78. The molecule has 0 atom stereocenters. The molecule has 0 aliphatic carbocycles. The maximum atomic E-state index is 6.28. The molecule has 134 valence electrons. The molecule has 0 spiro atoms. The minimum atomic E-state index is 0.562. The van der Waals surface area contributed by atoms with Gasteiger partial charge in [0.1, 0.15) is 12.0 Å². The van der Waals surface area contributed by atoms with Gasteiger partial charge in [0.05, 0.1) is 0 Å². The van der Waals surface area contributed by atoms with E-state index in [-0.39, 0.29) is 0 Å². The van der Waals surface area contributed by atoms with Gasteiger partial charge in [0, 0.05) is 18.8 Å². The second kappa shape index (κ2) is 8.67. The highest BCUT2D eigenvalue weighted by Gasteiger charge is 2.12. The maximum absolute atomic E-state index is 6.28. The normalized spacial score (nSPS) is 15.1. The molecule has 1 aromatic heterocycles. The molecule has 0 unspecified atom stereocenters. The molecule has 6 nitrogen and oxygen atoms in total. The Bertz CT molecular complexity index is 681. The molecule has 1 aliphatic rings. The van der Waals surface area contributed by atoms with Crippen molar-refractivity contribution in [3.05, 3.63) is 36.2 Å². The van der Waals surface area contributed by atoms with E-state index in [4.69, 9.17) is 5.73 Å². The van der Waals surface area contributed by atoms with Gasteiger partial charge in [-0.15, -0.1) is 0 Å². The molecule has 6 heteroatoms. The van der Waals surface area contributed by atoms with Crippen LogP contribution < -0.4 is 16.4 Å². The first-order chi connectivity index (χ1) is 12.3. The highest BCUT2D eigenvalue weighted by Crippen LogP contribution is 2.27. The largest absolute Gasteiger partial charge is 0.393 e. The molecule has 1 aliphatic heterocycles. The van der Waals surface area contributed by atoms with Crippen LogP contribution in [0.15, 0.2) is 30.6 Å². The Labute approximate surface area is 149 Å². The minimum absolute atomic E-state index is 0.562. The van der Waals surface area contributed by atoms with E-state index in [1.165, 1.54) is 37.9 Å². The molecule has 4 N–H and O–H groups in total. The van der Waals surface area contributed by atoms with Gasteiger partial charge in [-0.05, 0) is 44.0 Å². The summed E-state index contributed by atoms with van der Waals surface area (Å²) >= 11 is 0. The second-order valence-corrected chi connectivity index (χ2v) is 6.45. The molecule has 1 fully saturated rings. The summed E-state index contributed by atoms with van der Waals surface area (Å²) in [6.45, 7) is 6.39. The van der Waals surface area contributed by atoms with Crippen molar-refractivity contribution < 1.29 is 0 Å². The molecule has 1 saturated heterocycles. The van der Waals surface area contributed by atoms with Gasteiger partial charge in [-0.1, -0.05) is 31.5 Å². The number of para-hydroxylation sites is 1. The fourth-order valence-electron chi connectivity index (χ4n) is 3.23. The zero-order chi connectivity index (χ0) is 17.5. The van der Waals surface area contributed by atoms with Crippen molar-refractivity contribution in [2.24, 2.45) is 0 Å². The number of piperidine rings is 1. The summed E-state index contributed by atoms with van der Waals surface area (Å²) in [4.78, 5) is 11.1. The monoisotopic (exact) mass is 340 g/mol. The lowest BCUT2D eigenvalue weighted by Gasteiger charge is -2.26. The zero-order valence-electron chi connectivity index (χ0n) is 15.0. The Kier molecular flexibility index (Phi) is 6.06. The molecule has 0 amide bonds.